The number of benzene rings is 1. The number of nitrogens with zero attached hydrogens (tertiary/aromatic N) is 1. The third-order valence-corrected chi connectivity index (χ3v) is 3.93. The molecule has 1 aromatic heterocycles. The SMILES string of the molecule is CCN1C[C@H](COC(=O)c2cccc3cc[nH]c23)CC1=O. The van der Waals surface area contributed by atoms with Crippen LogP contribution in [0.5, 0.6) is 0 Å². The zero-order chi connectivity index (χ0) is 14.8. The quantitative estimate of drug-likeness (QED) is 0.876. The van der Waals surface area contributed by atoms with Gasteiger partial charge in [0.15, 0.2) is 0 Å². The molecule has 5 nitrogen and oxygen atoms in total. The predicted molar refractivity (Wildman–Crippen MR) is 78.9 cm³/mol. The van der Waals surface area contributed by atoms with E-state index in [1.165, 1.54) is 0 Å². The molecule has 2 heterocycles. The van der Waals surface area contributed by atoms with Gasteiger partial charge in [0.25, 0.3) is 0 Å². The number of carbonyl (C=O) groups excluding carboxylic acids is 2. The largest absolute Gasteiger partial charge is 0.462 e. The van der Waals surface area contributed by atoms with Gasteiger partial charge in [0.2, 0.25) is 5.91 Å². The minimum absolute atomic E-state index is 0.101. The van der Waals surface area contributed by atoms with Crippen LogP contribution in [0.3, 0.4) is 0 Å². The van der Waals surface area contributed by atoms with E-state index in [-0.39, 0.29) is 24.4 Å². The van der Waals surface area contributed by atoms with Crippen molar-refractivity contribution in [3.05, 3.63) is 36.0 Å². The fourth-order valence-corrected chi connectivity index (χ4v) is 2.80. The summed E-state index contributed by atoms with van der Waals surface area (Å²) in [4.78, 5) is 28.7. The molecule has 0 saturated carbocycles. The summed E-state index contributed by atoms with van der Waals surface area (Å²) in [5.74, 6) is -0.0975. The number of rotatable bonds is 4. The van der Waals surface area contributed by atoms with Gasteiger partial charge in [0.05, 0.1) is 17.7 Å². The van der Waals surface area contributed by atoms with Gasteiger partial charge in [-0.1, -0.05) is 12.1 Å². The Hall–Kier alpha value is -2.30. The molecule has 1 N–H and O–H groups in total. The van der Waals surface area contributed by atoms with Crippen molar-refractivity contribution >= 4 is 22.8 Å². The van der Waals surface area contributed by atoms with Crippen LogP contribution in [-0.2, 0) is 9.53 Å². The summed E-state index contributed by atoms with van der Waals surface area (Å²) < 4.78 is 5.39. The molecule has 0 radical (unpaired) electrons. The Kier molecular flexibility index (Phi) is 3.64. The molecule has 1 aliphatic rings. The summed E-state index contributed by atoms with van der Waals surface area (Å²) in [7, 11) is 0. The lowest BCUT2D eigenvalue weighted by molar-refractivity contribution is -0.127. The van der Waals surface area contributed by atoms with Crippen LogP contribution in [0.1, 0.15) is 23.7 Å². The van der Waals surface area contributed by atoms with Gasteiger partial charge in [-0.3, -0.25) is 4.79 Å². The van der Waals surface area contributed by atoms with Gasteiger partial charge < -0.3 is 14.6 Å². The van der Waals surface area contributed by atoms with Crippen LogP contribution in [0, 0.1) is 5.92 Å². The van der Waals surface area contributed by atoms with Gasteiger partial charge in [-0.15, -0.1) is 0 Å². The number of esters is 1. The van der Waals surface area contributed by atoms with Crippen LogP contribution < -0.4 is 0 Å². The number of aromatic amines is 1. The van der Waals surface area contributed by atoms with Crippen LogP contribution in [0.15, 0.2) is 30.5 Å². The average molecular weight is 286 g/mol. The summed E-state index contributed by atoms with van der Waals surface area (Å²) in [6.07, 6.45) is 2.27. The molecule has 1 saturated heterocycles. The van der Waals surface area contributed by atoms with Crippen molar-refractivity contribution in [1.82, 2.24) is 9.88 Å². The molecule has 0 aliphatic carbocycles. The molecule has 0 unspecified atom stereocenters. The average Bonchev–Trinajstić information content (AvgIpc) is 3.10. The lowest BCUT2D eigenvalue weighted by atomic mass is 10.1. The van der Waals surface area contributed by atoms with Gasteiger partial charge in [-0.2, -0.15) is 0 Å². The molecule has 110 valence electrons. The Labute approximate surface area is 122 Å². The number of H-pyrrole nitrogens is 1. The van der Waals surface area contributed by atoms with Crippen molar-refractivity contribution in [2.75, 3.05) is 19.7 Å². The highest BCUT2D eigenvalue weighted by Crippen LogP contribution is 2.20. The van der Waals surface area contributed by atoms with E-state index < -0.39 is 0 Å². The van der Waals surface area contributed by atoms with Crippen LogP contribution in [0.2, 0.25) is 0 Å². The minimum Gasteiger partial charge on any atom is -0.462 e. The van der Waals surface area contributed by atoms with Crippen molar-refractivity contribution in [2.24, 2.45) is 5.92 Å². The number of hydrogen-bond donors (Lipinski definition) is 1. The van der Waals surface area contributed by atoms with E-state index in [4.69, 9.17) is 4.74 Å². The molecule has 0 bridgehead atoms. The highest BCUT2D eigenvalue weighted by molar-refractivity contribution is 6.02. The van der Waals surface area contributed by atoms with E-state index in [0.717, 1.165) is 10.9 Å². The maximum atomic E-state index is 12.2. The Morgan fingerprint density at radius 2 is 2.29 bits per heavy atom. The number of ether oxygens (including phenoxy) is 1. The van der Waals surface area contributed by atoms with Crippen LogP contribution >= 0.6 is 0 Å². The van der Waals surface area contributed by atoms with Crippen molar-refractivity contribution in [3.8, 4) is 0 Å². The van der Waals surface area contributed by atoms with Gasteiger partial charge in [0, 0.05) is 37.0 Å². The number of nitrogens with one attached hydrogen (secondary N) is 1. The highest BCUT2D eigenvalue weighted by Gasteiger charge is 2.29. The lowest BCUT2D eigenvalue weighted by Crippen LogP contribution is -2.25. The first-order valence-corrected chi connectivity index (χ1v) is 7.20. The number of para-hydroxylation sites is 1. The molecular weight excluding hydrogens is 268 g/mol. The van der Waals surface area contributed by atoms with Crippen molar-refractivity contribution < 1.29 is 14.3 Å². The number of carbonyl (C=O) groups is 2. The van der Waals surface area contributed by atoms with Crippen LogP contribution in [0.4, 0.5) is 0 Å². The van der Waals surface area contributed by atoms with Crippen LogP contribution in [-0.4, -0.2) is 41.5 Å². The van der Waals surface area contributed by atoms with Crippen LogP contribution in [0.25, 0.3) is 10.9 Å². The fourth-order valence-electron chi connectivity index (χ4n) is 2.80. The maximum Gasteiger partial charge on any atom is 0.340 e. The molecule has 1 fully saturated rings. The first-order chi connectivity index (χ1) is 10.2. The first-order valence-electron chi connectivity index (χ1n) is 7.20. The molecule has 1 aromatic carbocycles. The first kappa shape index (κ1) is 13.7. The van der Waals surface area contributed by atoms with E-state index in [0.29, 0.717) is 25.1 Å². The minimum atomic E-state index is -0.342. The van der Waals surface area contributed by atoms with E-state index in [9.17, 15) is 9.59 Å². The Morgan fingerprint density at radius 1 is 1.43 bits per heavy atom. The molecule has 3 rings (SSSR count). The standard InChI is InChI=1S/C16H18N2O3/c1-2-18-9-11(8-14(18)19)10-21-16(20)13-5-3-4-12-6-7-17-15(12)13/h3-7,11,17H,2,8-10H2,1H3/t11-/m1/s1. The molecular formula is C16H18N2O3. The van der Waals surface area contributed by atoms with Gasteiger partial charge in [-0.05, 0) is 19.1 Å². The number of aromatic nitrogens is 1. The number of fused-ring (bicyclic) bond motifs is 1. The second-order valence-electron chi connectivity index (χ2n) is 5.35. The van der Waals surface area contributed by atoms with Gasteiger partial charge in [-0.25, -0.2) is 4.79 Å². The van der Waals surface area contributed by atoms with E-state index in [1.807, 2.05) is 25.1 Å². The normalized spacial score (nSPS) is 18.4. The topological polar surface area (TPSA) is 62.4 Å². The Balaban J connectivity index is 1.65. The second-order valence-corrected chi connectivity index (χ2v) is 5.35. The Bertz CT molecular complexity index is 677. The van der Waals surface area contributed by atoms with Crippen molar-refractivity contribution in [1.29, 1.82) is 0 Å². The van der Waals surface area contributed by atoms with Gasteiger partial charge in [0.1, 0.15) is 0 Å². The number of likely N-dealkylation sites (tertiary alicyclic amines) is 1. The van der Waals surface area contributed by atoms with E-state index >= 15 is 0 Å². The smallest absolute Gasteiger partial charge is 0.340 e. The predicted octanol–water partition coefficient (Wildman–Crippen LogP) is 2.19. The monoisotopic (exact) mass is 286 g/mol. The number of hydrogen-bond acceptors (Lipinski definition) is 3. The summed E-state index contributed by atoms with van der Waals surface area (Å²) in [5, 5.41) is 0.984. The molecule has 1 amide bonds. The van der Waals surface area contributed by atoms with Gasteiger partial charge >= 0.3 is 5.97 Å². The summed E-state index contributed by atoms with van der Waals surface area (Å²) in [5.41, 5.74) is 1.33. The van der Waals surface area contributed by atoms with Crippen molar-refractivity contribution in [3.63, 3.8) is 0 Å². The van der Waals surface area contributed by atoms with Crippen molar-refractivity contribution in [2.45, 2.75) is 13.3 Å². The third kappa shape index (κ3) is 2.63. The lowest BCUT2D eigenvalue weighted by Gasteiger charge is -2.13. The molecule has 21 heavy (non-hydrogen) atoms. The molecule has 1 atom stereocenters. The summed E-state index contributed by atoms with van der Waals surface area (Å²) in [6.45, 7) is 3.64. The number of amides is 1. The molecule has 5 heteroatoms. The fraction of sp³-hybridized carbons (Fsp3) is 0.375. The van der Waals surface area contributed by atoms with E-state index in [1.54, 1.807) is 17.2 Å². The zero-order valence-corrected chi connectivity index (χ0v) is 12.0. The maximum absolute atomic E-state index is 12.2. The third-order valence-electron chi connectivity index (χ3n) is 3.93. The molecule has 0 spiro atoms. The summed E-state index contributed by atoms with van der Waals surface area (Å²) in [6, 6.07) is 7.45. The zero-order valence-electron chi connectivity index (χ0n) is 12.0. The second kappa shape index (κ2) is 5.60. The summed E-state index contributed by atoms with van der Waals surface area (Å²) >= 11 is 0. The van der Waals surface area contributed by atoms with E-state index in [2.05, 4.69) is 4.98 Å². The molecule has 1 aliphatic heterocycles. The highest BCUT2D eigenvalue weighted by atomic mass is 16.5. The molecule has 2 aromatic rings. The Morgan fingerprint density at radius 3 is 3.05 bits per heavy atom.